The maximum Gasteiger partial charge on any atom is 0.425 e. The van der Waals surface area contributed by atoms with Gasteiger partial charge in [-0.05, 0) is 99.3 Å². The van der Waals surface area contributed by atoms with Gasteiger partial charge >= 0.3 is 12.1 Å². The first-order valence-corrected chi connectivity index (χ1v) is 28.0. The molecular formula is C61H69N8O11P. The molecule has 0 aliphatic carbocycles. The molecule has 0 spiro atoms. The molecular weight excluding hydrogens is 1050 g/mol. The lowest BCUT2D eigenvalue weighted by molar-refractivity contribution is -0.167. The highest BCUT2D eigenvalue weighted by molar-refractivity contribution is 7.44. The predicted molar refractivity (Wildman–Crippen MR) is 307 cm³/mol. The molecule has 19 nitrogen and oxygen atoms in total. The number of carbonyl (C=O) groups is 3. The van der Waals surface area contributed by atoms with Crippen LogP contribution < -0.4 is 24.8 Å². The van der Waals surface area contributed by atoms with Crippen LogP contribution in [-0.2, 0) is 38.4 Å². The van der Waals surface area contributed by atoms with Gasteiger partial charge in [-0.25, -0.2) is 19.3 Å². The Morgan fingerprint density at radius 1 is 0.765 bits per heavy atom. The summed E-state index contributed by atoms with van der Waals surface area (Å²) in [6.45, 7) is 13.4. The summed E-state index contributed by atoms with van der Waals surface area (Å²) in [6, 6.07) is 44.0. The molecule has 81 heavy (non-hydrogen) atoms. The molecule has 8 rings (SSSR count). The summed E-state index contributed by atoms with van der Waals surface area (Å²) in [7, 11) is 1.02. The van der Waals surface area contributed by atoms with Crippen LogP contribution in [0.2, 0.25) is 0 Å². The van der Waals surface area contributed by atoms with Crippen LogP contribution in [0.1, 0.15) is 90.6 Å². The SMILES string of the molecule is CCCC(=O)O[C@@H]1[C@H](OP(OCCC#N)N(C(C)C)C(C)C)[C@@H](C(OC(c2ccccc2)(c2ccc(OC)cc2)c2ccc(OC)cc2)C(=O)C(C)C)O[C@H]1n1cnc2c(OC(=O)N(c3ccccc3)c3ccccc3)nc(N)nc21. The van der Waals surface area contributed by atoms with Crippen molar-refractivity contribution in [3.63, 3.8) is 0 Å². The molecule has 424 valence electrons. The minimum atomic E-state index is -2.14. The van der Waals surface area contributed by atoms with Crippen molar-refractivity contribution in [3.8, 4) is 23.4 Å². The van der Waals surface area contributed by atoms with Gasteiger partial charge in [-0.2, -0.15) is 15.2 Å². The quantitative estimate of drug-likeness (QED) is 0.0243. The topological polar surface area (TPSA) is 225 Å². The zero-order valence-corrected chi connectivity index (χ0v) is 47.8. The van der Waals surface area contributed by atoms with Crippen LogP contribution >= 0.6 is 8.53 Å². The Kier molecular flexibility index (Phi) is 19.8. The number of methoxy groups -OCH3 is 2. The number of aromatic nitrogens is 4. The molecule has 1 fully saturated rings. The predicted octanol–water partition coefficient (Wildman–Crippen LogP) is 11.6. The number of fused-ring (bicyclic) bond motifs is 1. The van der Waals surface area contributed by atoms with Crippen LogP contribution in [0.3, 0.4) is 0 Å². The minimum Gasteiger partial charge on any atom is -0.497 e. The number of rotatable bonds is 25. The number of nitrogens with zero attached hydrogens (tertiary/aromatic N) is 7. The minimum absolute atomic E-state index is 0.00261. The second-order valence-electron chi connectivity index (χ2n) is 20.0. The Morgan fingerprint density at radius 2 is 1.31 bits per heavy atom. The van der Waals surface area contributed by atoms with E-state index < -0.39 is 62.8 Å². The number of nitriles is 1. The normalized spacial score (nSPS) is 17.0. The molecule has 1 aliphatic heterocycles. The molecule has 0 bridgehead atoms. The van der Waals surface area contributed by atoms with Crippen molar-refractivity contribution in [3.05, 3.63) is 163 Å². The molecule has 5 aromatic carbocycles. The number of nitrogens with two attached hydrogens (primary N) is 1. The highest BCUT2D eigenvalue weighted by Gasteiger charge is 2.58. The summed E-state index contributed by atoms with van der Waals surface area (Å²) >= 11 is 0. The van der Waals surface area contributed by atoms with E-state index in [4.69, 9.17) is 48.2 Å². The molecule has 20 heteroatoms. The van der Waals surface area contributed by atoms with Gasteiger partial charge in [0.15, 0.2) is 29.3 Å². The van der Waals surface area contributed by atoms with Crippen molar-refractivity contribution < 1.29 is 51.9 Å². The van der Waals surface area contributed by atoms with Crippen molar-refractivity contribution in [2.24, 2.45) is 5.92 Å². The fraction of sp³-hybridized carbons (Fsp3) is 0.361. The van der Waals surface area contributed by atoms with Crippen LogP contribution in [0.25, 0.3) is 11.2 Å². The van der Waals surface area contributed by atoms with Crippen LogP contribution in [0.5, 0.6) is 17.4 Å². The van der Waals surface area contributed by atoms with Crippen LogP contribution in [0.15, 0.2) is 146 Å². The van der Waals surface area contributed by atoms with Crippen molar-refractivity contribution in [2.45, 2.75) is 116 Å². The van der Waals surface area contributed by atoms with Gasteiger partial charge in [0.2, 0.25) is 5.95 Å². The van der Waals surface area contributed by atoms with Crippen molar-refractivity contribution in [1.29, 1.82) is 5.26 Å². The molecule has 0 saturated carbocycles. The summed E-state index contributed by atoms with van der Waals surface area (Å²) in [4.78, 5) is 59.5. The maximum absolute atomic E-state index is 15.7. The molecule has 1 amide bonds. The average Bonchev–Trinajstić information content (AvgIpc) is 4.27. The summed E-state index contributed by atoms with van der Waals surface area (Å²) in [5.74, 6) is -1.05. The molecule has 2 unspecified atom stereocenters. The number of anilines is 3. The Morgan fingerprint density at radius 3 is 1.81 bits per heavy atom. The maximum atomic E-state index is 15.7. The number of nitrogen functional groups attached to an aromatic ring is 1. The first kappa shape index (κ1) is 59.3. The first-order chi connectivity index (χ1) is 39.1. The smallest absolute Gasteiger partial charge is 0.425 e. The lowest BCUT2D eigenvalue weighted by atomic mass is 9.79. The van der Waals surface area contributed by atoms with Gasteiger partial charge in [0.25, 0.3) is 14.4 Å². The van der Waals surface area contributed by atoms with E-state index >= 15 is 4.79 Å². The third-order valence-corrected chi connectivity index (χ3v) is 15.7. The molecule has 2 N–H and O–H groups in total. The number of amides is 1. The molecule has 3 heterocycles. The van der Waals surface area contributed by atoms with Crippen molar-refractivity contribution in [1.82, 2.24) is 24.2 Å². The first-order valence-electron chi connectivity index (χ1n) is 26.9. The van der Waals surface area contributed by atoms with E-state index in [9.17, 15) is 14.9 Å². The Hall–Kier alpha value is -7.82. The van der Waals surface area contributed by atoms with E-state index in [2.05, 4.69) is 16.0 Å². The summed E-state index contributed by atoms with van der Waals surface area (Å²) in [6.07, 6.45) is -6.08. The molecule has 0 radical (unpaired) electrons. The largest absolute Gasteiger partial charge is 0.497 e. The van der Waals surface area contributed by atoms with E-state index in [1.165, 1.54) is 15.8 Å². The van der Waals surface area contributed by atoms with Gasteiger partial charge in [0.1, 0.15) is 35.4 Å². The number of Topliss-reactive ketones (excluding diaryl/α,β-unsaturated/α-hetero) is 1. The van der Waals surface area contributed by atoms with E-state index in [0.717, 1.165) is 0 Å². The molecule has 6 atom stereocenters. The van der Waals surface area contributed by atoms with Crippen molar-refractivity contribution in [2.75, 3.05) is 31.5 Å². The fourth-order valence-electron chi connectivity index (χ4n) is 9.83. The lowest BCUT2D eigenvalue weighted by Gasteiger charge is -2.42. The van der Waals surface area contributed by atoms with Crippen molar-refractivity contribution >= 4 is 54.9 Å². The zero-order valence-electron chi connectivity index (χ0n) is 46.9. The van der Waals surface area contributed by atoms with E-state index in [1.54, 1.807) is 76.6 Å². The van der Waals surface area contributed by atoms with Gasteiger partial charge in [0, 0.05) is 24.4 Å². The van der Waals surface area contributed by atoms with Crippen LogP contribution in [-0.4, -0.2) is 99.4 Å². The second-order valence-corrected chi connectivity index (χ2v) is 21.4. The Balaban J connectivity index is 1.35. The number of imidazole rings is 1. The third kappa shape index (κ3) is 13.2. The molecule has 2 aromatic heterocycles. The van der Waals surface area contributed by atoms with Gasteiger partial charge in [-0.1, -0.05) is 112 Å². The number of carbonyl (C=O) groups excluding carboxylic acids is 3. The van der Waals surface area contributed by atoms with E-state index in [1.807, 2.05) is 130 Å². The number of hydrogen-bond acceptors (Lipinski definition) is 17. The van der Waals surface area contributed by atoms with Gasteiger partial charge < -0.3 is 43.2 Å². The van der Waals surface area contributed by atoms with E-state index in [0.29, 0.717) is 46.0 Å². The average molecular weight is 1120 g/mol. The third-order valence-electron chi connectivity index (χ3n) is 13.5. The summed E-state index contributed by atoms with van der Waals surface area (Å²) < 4.78 is 56.4. The monoisotopic (exact) mass is 1120 g/mol. The number of esters is 1. The molecule has 1 saturated heterocycles. The number of ether oxygens (including phenoxy) is 6. The standard InChI is InChI=1S/C61H69N8O11P/c1-10-21-49(70)76-55-54(80-81(75-37-20-36-62)69(40(4)5)41(6)7)53(52(51(71)39(2)3)79-61(42-22-14-11-15-23-42,43-28-32-47(73-8)33-29-43)44-30-34-48(74-9)35-31-44)77-58(55)67-38-64-50-56(67)65-59(63)66-57(50)78-60(72)68(45-24-16-12-17-25-45)46-26-18-13-19-27-46/h11-19,22-35,38-41,52-55,58H,10,20-21,37H2,1-9H3,(H2,63,65,66)/t52?,53-,54-,55-,58-,81?/m1/s1. The zero-order chi connectivity index (χ0) is 57.8. The van der Waals surface area contributed by atoms with Gasteiger partial charge in [-0.3, -0.25) is 14.2 Å². The van der Waals surface area contributed by atoms with Crippen LogP contribution in [0.4, 0.5) is 22.1 Å². The Bertz CT molecular complexity index is 3140. The van der Waals surface area contributed by atoms with Gasteiger partial charge in [0.05, 0.1) is 51.0 Å². The van der Waals surface area contributed by atoms with Gasteiger partial charge in [-0.15, -0.1) is 0 Å². The second kappa shape index (κ2) is 27.1. The Labute approximate surface area is 473 Å². The highest BCUT2D eigenvalue weighted by Crippen LogP contribution is 2.53. The number of hydrogen-bond donors (Lipinski definition) is 1. The molecule has 7 aromatic rings. The summed E-state index contributed by atoms with van der Waals surface area (Å²) in [5.41, 5.74) is 7.88. The summed E-state index contributed by atoms with van der Waals surface area (Å²) in [5, 5.41) is 9.75. The fourth-order valence-corrected chi connectivity index (χ4v) is 11.6. The number of benzene rings is 5. The lowest BCUT2D eigenvalue weighted by Crippen LogP contribution is -2.52. The van der Waals surface area contributed by atoms with Crippen LogP contribution in [0, 0.1) is 17.2 Å². The molecule has 1 aliphatic rings. The van der Waals surface area contributed by atoms with E-state index in [-0.39, 0.29) is 60.3 Å². The highest BCUT2D eigenvalue weighted by atomic mass is 31.2. The number of ketones is 1. The number of para-hydroxylation sites is 2.